The minimum absolute atomic E-state index is 0.0924. The van der Waals surface area contributed by atoms with Crippen LogP contribution in [0.2, 0.25) is 0 Å². The molecule has 2 aromatic heterocycles. The maximum Gasteiger partial charge on any atom is 0.257 e. The number of rotatable bonds is 2. The lowest BCUT2D eigenvalue weighted by Gasteiger charge is -2.05. The zero-order valence-electron chi connectivity index (χ0n) is 10.4. The highest BCUT2D eigenvalue weighted by molar-refractivity contribution is 6.13. The molecule has 1 aromatic carbocycles. The van der Waals surface area contributed by atoms with E-state index in [9.17, 15) is 9.18 Å². The van der Waals surface area contributed by atoms with Crippen LogP contribution in [0.4, 0.5) is 15.8 Å². The Balaban J connectivity index is 1.95. The van der Waals surface area contributed by atoms with Crippen molar-refractivity contribution in [3.63, 3.8) is 0 Å². The van der Waals surface area contributed by atoms with Gasteiger partial charge in [-0.2, -0.15) is 0 Å². The normalized spacial score (nSPS) is 10.7. The summed E-state index contributed by atoms with van der Waals surface area (Å²) < 4.78 is 13.5. The second-order valence-electron chi connectivity index (χ2n) is 4.32. The monoisotopic (exact) mass is 270 g/mol. The number of nitrogens with one attached hydrogen (secondary N) is 2. The van der Waals surface area contributed by atoms with Crippen LogP contribution in [0.3, 0.4) is 0 Å². The van der Waals surface area contributed by atoms with E-state index in [1.165, 1.54) is 12.3 Å². The Morgan fingerprint density at radius 2 is 2.20 bits per heavy atom. The molecular formula is C14H11FN4O. The molecular weight excluding hydrogens is 259 g/mol. The Bertz CT molecular complexity index is 797. The highest BCUT2D eigenvalue weighted by atomic mass is 19.1. The molecule has 3 rings (SSSR count). The standard InChI is InChI=1S/C14H11FN4O/c15-11-7-17-4-3-12(11)19-14(20)10-6-18-13-5-8(16)1-2-9(10)13/h1-7,18H,16H2,(H,17,19,20). The number of hydrogen-bond donors (Lipinski definition) is 3. The second-order valence-corrected chi connectivity index (χ2v) is 4.32. The fraction of sp³-hybridized carbons (Fsp3) is 0. The molecule has 0 saturated heterocycles. The van der Waals surface area contributed by atoms with Gasteiger partial charge >= 0.3 is 0 Å². The zero-order valence-corrected chi connectivity index (χ0v) is 10.4. The van der Waals surface area contributed by atoms with Crippen molar-refractivity contribution >= 4 is 28.2 Å². The van der Waals surface area contributed by atoms with Crippen LogP contribution in [-0.2, 0) is 0 Å². The van der Waals surface area contributed by atoms with Gasteiger partial charge in [0.05, 0.1) is 17.4 Å². The summed E-state index contributed by atoms with van der Waals surface area (Å²) in [5, 5.41) is 3.24. The summed E-state index contributed by atoms with van der Waals surface area (Å²) >= 11 is 0. The summed E-state index contributed by atoms with van der Waals surface area (Å²) in [5.74, 6) is -0.976. The van der Waals surface area contributed by atoms with Crippen molar-refractivity contribution in [1.29, 1.82) is 0 Å². The van der Waals surface area contributed by atoms with Crippen LogP contribution in [0.15, 0.2) is 42.9 Å². The molecule has 0 atom stereocenters. The van der Waals surface area contributed by atoms with Gasteiger partial charge in [-0.15, -0.1) is 0 Å². The largest absolute Gasteiger partial charge is 0.399 e. The van der Waals surface area contributed by atoms with E-state index in [-0.39, 0.29) is 5.69 Å². The molecule has 20 heavy (non-hydrogen) atoms. The molecule has 3 aromatic rings. The first-order valence-corrected chi connectivity index (χ1v) is 5.92. The predicted octanol–water partition coefficient (Wildman–Crippen LogP) is 2.54. The van der Waals surface area contributed by atoms with Crippen molar-refractivity contribution in [2.24, 2.45) is 0 Å². The molecule has 0 unspecified atom stereocenters. The van der Waals surface area contributed by atoms with E-state index < -0.39 is 11.7 Å². The van der Waals surface area contributed by atoms with Gasteiger partial charge in [-0.25, -0.2) is 4.39 Å². The summed E-state index contributed by atoms with van der Waals surface area (Å²) in [6.07, 6.45) is 4.03. The molecule has 6 heteroatoms. The number of carbonyl (C=O) groups excluding carboxylic acids is 1. The molecule has 0 aliphatic carbocycles. The van der Waals surface area contributed by atoms with Crippen molar-refractivity contribution in [2.45, 2.75) is 0 Å². The smallest absolute Gasteiger partial charge is 0.257 e. The number of nitrogens with two attached hydrogens (primary N) is 1. The Morgan fingerprint density at radius 3 is 3.00 bits per heavy atom. The molecule has 0 spiro atoms. The fourth-order valence-electron chi connectivity index (χ4n) is 2.00. The van der Waals surface area contributed by atoms with Crippen LogP contribution in [0.1, 0.15) is 10.4 Å². The first-order valence-electron chi connectivity index (χ1n) is 5.92. The van der Waals surface area contributed by atoms with E-state index in [2.05, 4.69) is 15.3 Å². The number of nitrogen functional groups attached to an aromatic ring is 1. The van der Waals surface area contributed by atoms with Gasteiger partial charge in [-0.05, 0) is 24.3 Å². The highest BCUT2D eigenvalue weighted by Gasteiger charge is 2.13. The lowest BCUT2D eigenvalue weighted by molar-refractivity contribution is 0.102. The molecule has 0 bridgehead atoms. The minimum Gasteiger partial charge on any atom is -0.399 e. The lowest BCUT2D eigenvalue weighted by Crippen LogP contribution is -2.12. The van der Waals surface area contributed by atoms with Gasteiger partial charge < -0.3 is 16.0 Å². The maximum atomic E-state index is 13.5. The zero-order chi connectivity index (χ0) is 14.1. The molecule has 2 heterocycles. The number of halogens is 1. The number of amides is 1. The predicted molar refractivity (Wildman–Crippen MR) is 74.9 cm³/mol. The number of carbonyl (C=O) groups is 1. The average Bonchev–Trinajstić information content (AvgIpc) is 2.84. The van der Waals surface area contributed by atoms with E-state index in [1.807, 2.05) is 0 Å². The summed E-state index contributed by atoms with van der Waals surface area (Å²) in [5.41, 5.74) is 7.55. The second kappa shape index (κ2) is 4.65. The van der Waals surface area contributed by atoms with Gasteiger partial charge in [0.2, 0.25) is 0 Å². The molecule has 4 N–H and O–H groups in total. The third-order valence-corrected chi connectivity index (χ3v) is 2.97. The lowest BCUT2D eigenvalue weighted by atomic mass is 10.1. The molecule has 0 aliphatic heterocycles. The minimum atomic E-state index is -0.579. The van der Waals surface area contributed by atoms with Crippen molar-refractivity contribution in [3.8, 4) is 0 Å². The fourth-order valence-corrected chi connectivity index (χ4v) is 2.00. The molecule has 100 valence electrons. The van der Waals surface area contributed by atoms with Gasteiger partial charge in [0.1, 0.15) is 0 Å². The molecule has 5 nitrogen and oxygen atoms in total. The number of pyridine rings is 1. The van der Waals surface area contributed by atoms with E-state index in [1.54, 1.807) is 24.4 Å². The van der Waals surface area contributed by atoms with E-state index in [0.717, 1.165) is 17.1 Å². The van der Waals surface area contributed by atoms with Crippen LogP contribution < -0.4 is 11.1 Å². The van der Waals surface area contributed by atoms with Gasteiger partial charge in [0.15, 0.2) is 5.82 Å². The molecule has 1 amide bonds. The van der Waals surface area contributed by atoms with E-state index in [4.69, 9.17) is 5.73 Å². The third-order valence-electron chi connectivity index (χ3n) is 2.97. The van der Waals surface area contributed by atoms with Crippen molar-refractivity contribution in [1.82, 2.24) is 9.97 Å². The van der Waals surface area contributed by atoms with Gasteiger partial charge in [-0.3, -0.25) is 9.78 Å². The number of fused-ring (bicyclic) bond motifs is 1. The van der Waals surface area contributed by atoms with Gasteiger partial charge in [-0.1, -0.05) is 0 Å². The quantitative estimate of drug-likeness (QED) is 0.626. The van der Waals surface area contributed by atoms with Gasteiger partial charge in [0, 0.05) is 29.0 Å². The van der Waals surface area contributed by atoms with Crippen molar-refractivity contribution in [2.75, 3.05) is 11.1 Å². The summed E-state index contributed by atoms with van der Waals surface area (Å²) in [4.78, 5) is 18.8. The third kappa shape index (κ3) is 2.07. The van der Waals surface area contributed by atoms with Gasteiger partial charge in [0.25, 0.3) is 5.91 Å². The Morgan fingerprint density at radius 1 is 1.35 bits per heavy atom. The topological polar surface area (TPSA) is 83.8 Å². The summed E-state index contributed by atoms with van der Waals surface area (Å²) in [6, 6.07) is 6.60. The number of benzene rings is 1. The molecule has 0 saturated carbocycles. The number of H-pyrrole nitrogens is 1. The number of nitrogens with zero attached hydrogens (tertiary/aromatic N) is 1. The first kappa shape index (κ1) is 12.2. The Hall–Kier alpha value is -2.89. The number of aromatic amines is 1. The Kier molecular flexibility index (Phi) is 2.83. The van der Waals surface area contributed by atoms with Crippen LogP contribution in [-0.4, -0.2) is 15.9 Å². The number of anilines is 2. The molecule has 0 aliphatic rings. The average molecular weight is 270 g/mol. The molecule has 0 fully saturated rings. The Labute approximate surface area is 113 Å². The summed E-state index contributed by atoms with van der Waals surface area (Å²) in [6.45, 7) is 0. The first-order chi connectivity index (χ1) is 9.65. The van der Waals surface area contributed by atoms with Crippen molar-refractivity contribution < 1.29 is 9.18 Å². The maximum absolute atomic E-state index is 13.5. The highest BCUT2D eigenvalue weighted by Crippen LogP contribution is 2.22. The van der Waals surface area contributed by atoms with Crippen molar-refractivity contribution in [3.05, 3.63) is 54.2 Å². The molecule has 0 radical (unpaired) electrons. The van der Waals surface area contributed by atoms with E-state index in [0.29, 0.717) is 11.3 Å². The van der Waals surface area contributed by atoms with Crippen LogP contribution in [0.5, 0.6) is 0 Å². The number of aromatic nitrogens is 2. The number of hydrogen-bond acceptors (Lipinski definition) is 3. The van der Waals surface area contributed by atoms with E-state index >= 15 is 0 Å². The van der Waals surface area contributed by atoms with Crippen LogP contribution >= 0.6 is 0 Å². The summed E-state index contributed by atoms with van der Waals surface area (Å²) in [7, 11) is 0. The van der Waals surface area contributed by atoms with Crippen LogP contribution in [0, 0.1) is 5.82 Å². The van der Waals surface area contributed by atoms with Crippen LogP contribution in [0.25, 0.3) is 10.9 Å². The SMILES string of the molecule is Nc1ccc2c(C(=O)Nc3ccncc3F)c[nH]c2c1.